The second-order valence-electron chi connectivity index (χ2n) is 4.11. The second kappa shape index (κ2) is 6.51. The Labute approximate surface area is 121 Å². The van der Waals surface area contributed by atoms with Crippen molar-refractivity contribution >= 4 is 17.7 Å². The Bertz CT molecular complexity index is 636. The molecule has 0 fully saturated rings. The summed E-state index contributed by atoms with van der Waals surface area (Å²) in [6, 6.07) is 9.76. The Morgan fingerprint density at radius 2 is 1.67 bits per heavy atom. The van der Waals surface area contributed by atoms with Crippen LogP contribution in [0, 0.1) is 0 Å². The van der Waals surface area contributed by atoms with E-state index in [-0.39, 0.29) is 5.91 Å². The van der Waals surface area contributed by atoms with Crippen LogP contribution < -0.4 is 10.1 Å². The molecule has 6 heteroatoms. The zero-order valence-electron chi connectivity index (χ0n) is 11.6. The van der Waals surface area contributed by atoms with Crippen LogP contribution in [0.3, 0.4) is 0 Å². The molecule has 0 bridgehead atoms. The van der Waals surface area contributed by atoms with Crippen LogP contribution in [-0.2, 0) is 4.74 Å². The van der Waals surface area contributed by atoms with Crippen molar-refractivity contribution in [1.82, 2.24) is 4.98 Å². The number of methoxy groups -OCH3 is 2. The first-order valence-corrected chi connectivity index (χ1v) is 6.14. The molecule has 6 nitrogen and oxygen atoms in total. The molecule has 1 aromatic heterocycles. The third-order valence-electron chi connectivity index (χ3n) is 2.78. The highest BCUT2D eigenvalue weighted by Gasteiger charge is 2.09. The summed E-state index contributed by atoms with van der Waals surface area (Å²) in [5.41, 5.74) is 0.801. The summed E-state index contributed by atoms with van der Waals surface area (Å²) >= 11 is 0. The predicted octanol–water partition coefficient (Wildman–Crippen LogP) is 2.13. The molecule has 0 aliphatic carbocycles. The number of benzene rings is 1. The molecule has 0 radical (unpaired) electrons. The molecule has 0 aliphatic heterocycles. The van der Waals surface area contributed by atoms with Gasteiger partial charge in [-0.2, -0.15) is 0 Å². The quantitative estimate of drug-likeness (QED) is 0.871. The lowest BCUT2D eigenvalue weighted by Gasteiger charge is -2.06. The summed E-state index contributed by atoms with van der Waals surface area (Å²) in [4.78, 5) is 27.3. The number of esters is 1. The largest absolute Gasteiger partial charge is 0.497 e. The normalized spacial score (nSPS) is 9.81. The van der Waals surface area contributed by atoms with E-state index >= 15 is 0 Å². The number of anilines is 1. The second-order valence-corrected chi connectivity index (χ2v) is 4.11. The van der Waals surface area contributed by atoms with E-state index in [1.807, 2.05) is 0 Å². The summed E-state index contributed by atoms with van der Waals surface area (Å²) in [5, 5.41) is 2.64. The maximum atomic E-state index is 12.0. The smallest absolute Gasteiger partial charge is 0.339 e. The number of carbonyl (C=O) groups is 2. The summed E-state index contributed by atoms with van der Waals surface area (Å²) in [6.07, 6.45) is 1.34. The molecule has 2 rings (SSSR count). The molecular formula is C15H14N2O4. The molecule has 0 atom stereocenters. The topological polar surface area (TPSA) is 77.5 Å². The maximum absolute atomic E-state index is 12.0. The fourth-order valence-corrected chi connectivity index (χ4v) is 1.64. The van der Waals surface area contributed by atoms with E-state index in [9.17, 15) is 9.59 Å². The van der Waals surface area contributed by atoms with Crippen molar-refractivity contribution in [3.63, 3.8) is 0 Å². The average Bonchev–Trinajstić information content (AvgIpc) is 2.55. The van der Waals surface area contributed by atoms with Crippen LogP contribution in [0.5, 0.6) is 5.75 Å². The van der Waals surface area contributed by atoms with Gasteiger partial charge in [-0.15, -0.1) is 0 Å². The van der Waals surface area contributed by atoms with Crippen LogP contribution in [0.25, 0.3) is 0 Å². The molecule has 21 heavy (non-hydrogen) atoms. The van der Waals surface area contributed by atoms with Gasteiger partial charge >= 0.3 is 5.97 Å². The van der Waals surface area contributed by atoms with Crippen LogP contribution in [0.2, 0.25) is 0 Å². The number of amides is 1. The van der Waals surface area contributed by atoms with Gasteiger partial charge in [-0.25, -0.2) is 9.78 Å². The van der Waals surface area contributed by atoms with Crippen LogP contribution >= 0.6 is 0 Å². The Hall–Kier alpha value is -2.89. The summed E-state index contributed by atoms with van der Waals surface area (Å²) < 4.78 is 9.60. The number of hydrogen-bond donors (Lipinski definition) is 1. The highest BCUT2D eigenvalue weighted by atomic mass is 16.5. The van der Waals surface area contributed by atoms with Crippen molar-refractivity contribution in [2.45, 2.75) is 0 Å². The Kier molecular flexibility index (Phi) is 4.50. The van der Waals surface area contributed by atoms with Gasteiger partial charge in [-0.3, -0.25) is 4.79 Å². The minimum absolute atomic E-state index is 0.295. The fourth-order valence-electron chi connectivity index (χ4n) is 1.64. The van der Waals surface area contributed by atoms with Crippen molar-refractivity contribution in [2.75, 3.05) is 19.5 Å². The predicted molar refractivity (Wildman–Crippen MR) is 76.5 cm³/mol. The third kappa shape index (κ3) is 3.56. The Morgan fingerprint density at radius 1 is 1.00 bits per heavy atom. The van der Waals surface area contributed by atoms with Crippen molar-refractivity contribution < 1.29 is 19.1 Å². The molecule has 0 saturated carbocycles. The summed E-state index contributed by atoms with van der Waals surface area (Å²) in [5.74, 6) is 0.252. The monoisotopic (exact) mass is 286 g/mol. The zero-order chi connectivity index (χ0) is 15.2. The van der Waals surface area contributed by atoms with Gasteiger partial charge in [0.05, 0.1) is 19.8 Å². The molecule has 1 heterocycles. The van der Waals surface area contributed by atoms with E-state index in [4.69, 9.17) is 4.74 Å². The van der Waals surface area contributed by atoms with Crippen molar-refractivity contribution in [1.29, 1.82) is 0 Å². The van der Waals surface area contributed by atoms with Gasteiger partial charge in [-0.1, -0.05) is 0 Å². The maximum Gasteiger partial charge on any atom is 0.339 e. The molecule has 108 valence electrons. The molecular weight excluding hydrogens is 272 g/mol. The Balaban J connectivity index is 2.06. The first-order chi connectivity index (χ1) is 10.1. The number of aromatic nitrogens is 1. The van der Waals surface area contributed by atoms with Gasteiger partial charge in [-0.05, 0) is 36.4 Å². The van der Waals surface area contributed by atoms with Gasteiger partial charge in [0.25, 0.3) is 5.91 Å². The van der Waals surface area contributed by atoms with Crippen LogP contribution in [-0.4, -0.2) is 31.1 Å². The fraction of sp³-hybridized carbons (Fsp3) is 0.133. The first kappa shape index (κ1) is 14.5. The Morgan fingerprint density at radius 3 is 2.19 bits per heavy atom. The molecule has 0 aliphatic rings. The number of rotatable bonds is 4. The lowest BCUT2D eigenvalue weighted by molar-refractivity contribution is 0.0600. The SMILES string of the molecule is COC(=O)c1ccc(NC(=O)c2ccc(OC)cc2)nc1. The van der Waals surface area contributed by atoms with E-state index < -0.39 is 5.97 Å². The van der Waals surface area contributed by atoms with E-state index in [1.165, 1.54) is 25.4 Å². The number of nitrogens with zero attached hydrogens (tertiary/aromatic N) is 1. The lowest BCUT2D eigenvalue weighted by Crippen LogP contribution is -2.13. The minimum atomic E-state index is -0.476. The van der Waals surface area contributed by atoms with Crippen LogP contribution in [0.1, 0.15) is 20.7 Å². The van der Waals surface area contributed by atoms with E-state index in [0.29, 0.717) is 22.7 Å². The van der Waals surface area contributed by atoms with Gasteiger partial charge in [0.2, 0.25) is 0 Å². The van der Waals surface area contributed by atoms with Gasteiger partial charge < -0.3 is 14.8 Å². The first-order valence-electron chi connectivity index (χ1n) is 6.14. The highest BCUT2D eigenvalue weighted by molar-refractivity contribution is 6.03. The molecule has 2 aromatic rings. The molecule has 0 saturated heterocycles. The minimum Gasteiger partial charge on any atom is -0.497 e. The van der Waals surface area contributed by atoms with Gasteiger partial charge in [0, 0.05) is 11.8 Å². The molecule has 1 aromatic carbocycles. The summed E-state index contributed by atoms with van der Waals surface area (Å²) in [7, 11) is 2.85. The number of hydrogen-bond acceptors (Lipinski definition) is 5. The molecule has 0 spiro atoms. The molecule has 0 unspecified atom stereocenters. The lowest BCUT2D eigenvalue weighted by atomic mass is 10.2. The van der Waals surface area contributed by atoms with Gasteiger partial charge in [0.1, 0.15) is 11.6 Å². The standard InChI is InChI=1S/C15H14N2O4/c1-20-12-6-3-10(4-7-12)14(18)17-13-8-5-11(9-16-13)15(19)21-2/h3-9H,1-2H3,(H,16,17,18). The van der Waals surface area contributed by atoms with Crippen LogP contribution in [0.4, 0.5) is 5.82 Å². The number of carbonyl (C=O) groups excluding carboxylic acids is 2. The van der Waals surface area contributed by atoms with E-state index in [2.05, 4.69) is 15.0 Å². The average molecular weight is 286 g/mol. The van der Waals surface area contributed by atoms with Crippen molar-refractivity contribution in [3.8, 4) is 5.75 Å². The highest BCUT2D eigenvalue weighted by Crippen LogP contribution is 2.13. The van der Waals surface area contributed by atoms with E-state index in [1.54, 1.807) is 31.4 Å². The number of nitrogens with one attached hydrogen (secondary N) is 1. The molecule has 1 N–H and O–H groups in total. The van der Waals surface area contributed by atoms with Crippen molar-refractivity contribution in [2.24, 2.45) is 0 Å². The van der Waals surface area contributed by atoms with Crippen molar-refractivity contribution in [3.05, 3.63) is 53.7 Å². The van der Waals surface area contributed by atoms with E-state index in [0.717, 1.165) is 0 Å². The third-order valence-corrected chi connectivity index (χ3v) is 2.78. The molecule has 1 amide bonds. The number of ether oxygens (including phenoxy) is 2. The zero-order valence-corrected chi connectivity index (χ0v) is 11.6. The summed E-state index contributed by atoms with van der Waals surface area (Å²) in [6.45, 7) is 0. The van der Waals surface area contributed by atoms with Gasteiger partial charge in [0.15, 0.2) is 0 Å². The number of pyridine rings is 1. The van der Waals surface area contributed by atoms with Crippen LogP contribution in [0.15, 0.2) is 42.6 Å².